The van der Waals surface area contributed by atoms with Crippen molar-refractivity contribution in [2.75, 3.05) is 0 Å². The molecule has 1 aromatic heterocycles. The highest BCUT2D eigenvalue weighted by atomic mass is 35.5. The highest BCUT2D eigenvalue weighted by Gasteiger charge is 2.08. The van der Waals surface area contributed by atoms with Gasteiger partial charge in [-0.2, -0.15) is 5.10 Å². The lowest BCUT2D eigenvalue weighted by Gasteiger charge is -2.04. The summed E-state index contributed by atoms with van der Waals surface area (Å²) in [6.45, 7) is 0. The number of nitrogens with one attached hydrogen (secondary N) is 1. The highest BCUT2D eigenvalue weighted by molar-refractivity contribution is 7.17. The van der Waals surface area contributed by atoms with Crippen LogP contribution in [0, 0.1) is 0 Å². The normalized spacial score (nSPS) is 11.1. The van der Waals surface area contributed by atoms with Crippen molar-refractivity contribution >= 4 is 45.8 Å². The van der Waals surface area contributed by atoms with E-state index < -0.39 is 0 Å². The number of hydrogen-bond donors (Lipinski definition) is 1. The van der Waals surface area contributed by atoms with Gasteiger partial charge in [-0.1, -0.05) is 48.0 Å². The molecule has 3 nitrogen and oxygen atoms in total. The van der Waals surface area contributed by atoms with Gasteiger partial charge in [0.1, 0.15) is 0 Å². The number of rotatable bonds is 3. The Kier molecular flexibility index (Phi) is 3.99. The maximum Gasteiger partial charge on any atom is 0.271 e. The predicted molar refractivity (Wildman–Crippen MR) is 88.3 cm³/mol. The topological polar surface area (TPSA) is 41.5 Å². The fourth-order valence-electron chi connectivity index (χ4n) is 2.04. The Morgan fingerprint density at radius 2 is 1.90 bits per heavy atom. The largest absolute Gasteiger partial charge is 0.271 e. The molecule has 1 amide bonds. The molecule has 0 fully saturated rings. The van der Waals surface area contributed by atoms with Crippen LogP contribution in [0.4, 0.5) is 0 Å². The first-order chi connectivity index (χ1) is 10.2. The molecule has 0 bridgehead atoms. The third-order valence-electron chi connectivity index (χ3n) is 2.99. The van der Waals surface area contributed by atoms with E-state index in [1.54, 1.807) is 18.3 Å². The average Bonchev–Trinajstić information content (AvgIpc) is 2.92. The van der Waals surface area contributed by atoms with Gasteiger partial charge in [0.05, 0.1) is 10.6 Å². The Hall–Kier alpha value is -2.17. The molecule has 0 spiro atoms. The van der Waals surface area contributed by atoms with Crippen LogP contribution in [0.5, 0.6) is 0 Å². The van der Waals surface area contributed by atoms with Crippen LogP contribution in [0.2, 0.25) is 4.34 Å². The molecule has 104 valence electrons. The molecule has 0 aliphatic rings. The number of halogens is 1. The Balaban J connectivity index is 1.80. The van der Waals surface area contributed by atoms with E-state index in [9.17, 15) is 4.79 Å². The van der Waals surface area contributed by atoms with Crippen LogP contribution >= 0.6 is 22.9 Å². The van der Waals surface area contributed by atoms with Crippen LogP contribution < -0.4 is 5.43 Å². The van der Waals surface area contributed by atoms with Crippen molar-refractivity contribution in [1.82, 2.24) is 5.43 Å². The number of thiophene rings is 1. The number of benzene rings is 2. The van der Waals surface area contributed by atoms with Crippen molar-refractivity contribution in [3.63, 3.8) is 0 Å². The van der Waals surface area contributed by atoms with Crippen LogP contribution in [0.3, 0.4) is 0 Å². The predicted octanol–water partition coefficient (Wildman–Crippen LogP) is 4.32. The quantitative estimate of drug-likeness (QED) is 0.568. The summed E-state index contributed by atoms with van der Waals surface area (Å²) in [5, 5.41) is 5.90. The van der Waals surface area contributed by atoms with Crippen LogP contribution in [-0.4, -0.2) is 12.1 Å². The van der Waals surface area contributed by atoms with Gasteiger partial charge in [-0.05, 0) is 29.0 Å². The Morgan fingerprint density at radius 3 is 2.71 bits per heavy atom. The second-order valence-corrected chi connectivity index (χ2v) is 6.11. The summed E-state index contributed by atoms with van der Waals surface area (Å²) in [7, 11) is 0. The first-order valence-electron chi connectivity index (χ1n) is 6.30. The van der Waals surface area contributed by atoms with Gasteiger partial charge in [0.15, 0.2) is 0 Å². The van der Waals surface area contributed by atoms with E-state index in [2.05, 4.69) is 10.5 Å². The minimum Gasteiger partial charge on any atom is -0.267 e. The minimum atomic E-state index is -0.231. The highest BCUT2D eigenvalue weighted by Crippen LogP contribution is 2.20. The number of fused-ring (bicyclic) bond motifs is 1. The van der Waals surface area contributed by atoms with Crippen molar-refractivity contribution in [3.05, 3.63) is 69.4 Å². The zero-order valence-corrected chi connectivity index (χ0v) is 12.5. The number of carbonyl (C=O) groups excluding carboxylic acids is 1. The molecule has 21 heavy (non-hydrogen) atoms. The molecule has 3 rings (SSSR count). The monoisotopic (exact) mass is 314 g/mol. The van der Waals surface area contributed by atoms with Gasteiger partial charge in [0, 0.05) is 10.4 Å². The van der Waals surface area contributed by atoms with Gasteiger partial charge in [0.2, 0.25) is 0 Å². The first kappa shape index (κ1) is 13.8. The van der Waals surface area contributed by atoms with Crippen LogP contribution in [0.25, 0.3) is 10.8 Å². The summed E-state index contributed by atoms with van der Waals surface area (Å²) in [5.41, 5.74) is 3.15. The summed E-state index contributed by atoms with van der Waals surface area (Å²) >= 11 is 7.24. The molecule has 0 radical (unpaired) electrons. The standard InChI is InChI=1S/C16H11ClN2OS/c17-15-9-8-12(21-15)10-18-19-16(20)14-7-3-5-11-4-1-2-6-13(11)14/h1-10H,(H,19,20). The summed E-state index contributed by atoms with van der Waals surface area (Å²) < 4.78 is 0.692. The van der Waals surface area contributed by atoms with E-state index in [1.807, 2.05) is 42.5 Å². The molecule has 0 atom stereocenters. The summed E-state index contributed by atoms with van der Waals surface area (Å²) in [4.78, 5) is 13.1. The molecular formula is C16H11ClN2OS. The maximum atomic E-state index is 12.2. The smallest absolute Gasteiger partial charge is 0.267 e. The second-order valence-electron chi connectivity index (χ2n) is 4.37. The Morgan fingerprint density at radius 1 is 1.10 bits per heavy atom. The Labute approximate surface area is 130 Å². The minimum absolute atomic E-state index is 0.231. The molecule has 3 aromatic rings. The van der Waals surface area contributed by atoms with Gasteiger partial charge in [-0.15, -0.1) is 11.3 Å². The van der Waals surface area contributed by atoms with Crippen molar-refractivity contribution in [2.45, 2.75) is 0 Å². The maximum absolute atomic E-state index is 12.2. The number of carbonyl (C=O) groups is 1. The lowest BCUT2D eigenvalue weighted by Crippen LogP contribution is -2.17. The van der Waals surface area contributed by atoms with Crippen molar-refractivity contribution in [1.29, 1.82) is 0 Å². The van der Waals surface area contributed by atoms with E-state index in [0.29, 0.717) is 9.90 Å². The molecule has 1 N–H and O–H groups in total. The molecule has 2 aromatic carbocycles. The van der Waals surface area contributed by atoms with E-state index in [4.69, 9.17) is 11.6 Å². The third kappa shape index (κ3) is 3.12. The number of amides is 1. The van der Waals surface area contributed by atoms with Crippen molar-refractivity contribution in [3.8, 4) is 0 Å². The van der Waals surface area contributed by atoms with E-state index in [0.717, 1.165) is 15.6 Å². The fourth-order valence-corrected chi connectivity index (χ4v) is 2.97. The Bertz CT molecular complexity index is 821. The first-order valence-corrected chi connectivity index (χ1v) is 7.50. The van der Waals surface area contributed by atoms with E-state index in [1.165, 1.54) is 11.3 Å². The van der Waals surface area contributed by atoms with Crippen molar-refractivity contribution < 1.29 is 4.79 Å². The SMILES string of the molecule is O=C(NN=Cc1ccc(Cl)s1)c1cccc2ccccc12. The molecule has 0 unspecified atom stereocenters. The summed E-state index contributed by atoms with van der Waals surface area (Å²) in [6.07, 6.45) is 1.58. The molecule has 0 saturated carbocycles. The average molecular weight is 315 g/mol. The molecule has 0 saturated heterocycles. The molecular weight excluding hydrogens is 304 g/mol. The van der Waals surface area contributed by atoms with Crippen molar-refractivity contribution in [2.24, 2.45) is 5.10 Å². The number of hydrogen-bond acceptors (Lipinski definition) is 3. The van der Waals surface area contributed by atoms with Gasteiger partial charge < -0.3 is 0 Å². The number of nitrogens with zero attached hydrogens (tertiary/aromatic N) is 1. The zero-order valence-electron chi connectivity index (χ0n) is 10.9. The zero-order chi connectivity index (χ0) is 14.7. The third-order valence-corrected chi connectivity index (χ3v) is 4.15. The van der Waals surface area contributed by atoms with E-state index in [-0.39, 0.29) is 5.91 Å². The second kappa shape index (κ2) is 6.08. The molecule has 0 aliphatic carbocycles. The van der Waals surface area contributed by atoms with Gasteiger partial charge in [-0.3, -0.25) is 4.79 Å². The molecule has 0 aliphatic heterocycles. The lowest BCUT2D eigenvalue weighted by atomic mass is 10.0. The van der Waals surface area contributed by atoms with Crippen LogP contribution in [0.15, 0.2) is 59.7 Å². The molecule has 5 heteroatoms. The lowest BCUT2D eigenvalue weighted by molar-refractivity contribution is 0.0957. The van der Waals surface area contributed by atoms with Crippen LogP contribution in [0.1, 0.15) is 15.2 Å². The fraction of sp³-hybridized carbons (Fsp3) is 0. The van der Waals surface area contributed by atoms with E-state index >= 15 is 0 Å². The summed E-state index contributed by atoms with van der Waals surface area (Å²) in [6, 6.07) is 17.0. The van der Waals surface area contributed by atoms with Gasteiger partial charge in [-0.25, -0.2) is 5.43 Å². The van der Waals surface area contributed by atoms with Gasteiger partial charge in [0.25, 0.3) is 5.91 Å². The number of hydrazone groups is 1. The van der Waals surface area contributed by atoms with Crippen LogP contribution in [-0.2, 0) is 0 Å². The van der Waals surface area contributed by atoms with Gasteiger partial charge >= 0.3 is 0 Å². The molecule has 1 heterocycles. The summed E-state index contributed by atoms with van der Waals surface area (Å²) in [5.74, 6) is -0.231.